The summed E-state index contributed by atoms with van der Waals surface area (Å²) in [5.41, 5.74) is 5.97. The SMILES string of the molecule is CN=C(NCc1cccc(C#N)c1)NCc1ccccc1-n1nc(C)cc1C.I. The molecule has 1 heterocycles. The number of nitriles is 1. The van der Waals surface area contributed by atoms with Crippen LogP contribution in [0.25, 0.3) is 5.69 Å². The lowest BCUT2D eigenvalue weighted by Gasteiger charge is -2.15. The largest absolute Gasteiger partial charge is 0.352 e. The first-order valence-electron chi connectivity index (χ1n) is 9.16. The molecular formula is C22H25IN6. The molecule has 0 radical (unpaired) electrons. The van der Waals surface area contributed by atoms with Gasteiger partial charge in [0.15, 0.2) is 5.96 Å². The molecule has 29 heavy (non-hydrogen) atoms. The Kier molecular flexibility index (Phi) is 8.21. The van der Waals surface area contributed by atoms with Crippen LogP contribution in [-0.4, -0.2) is 22.8 Å². The number of nitrogens with one attached hydrogen (secondary N) is 2. The van der Waals surface area contributed by atoms with Gasteiger partial charge in [-0.05, 0) is 49.2 Å². The van der Waals surface area contributed by atoms with E-state index >= 15 is 0 Å². The summed E-state index contributed by atoms with van der Waals surface area (Å²) in [6.07, 6.45) is 0. The van der Waals surface area contributed by atoms with E-state index in [1.54, 1.807) is 13.1 Å². The van der Waals surface area contributed by atoms with Crippen molar-refractivity contribution in [3.05, 3.63) is 82.7 Å². The summed E-state index contributed by atoms with van der Waals surface area (Å²) < 4.78 is 1.97. The maximum Gasteiger partial charge on any atom is 0.191 e. The van der Waals surface area contributed by atoms with E-state index in [9.17, 15) is 0 Å². The van der Waals surface area contributed by atoms with E-state index in [-0.39, 0.29) is 24.0 Å². The lowest BCUT2D eigenvalue weighted by atomic mass is 10.1. The minimum atomic E-state index is 0. The molecular weight excluding hydrogens is 475 g/mol. The third-order valence-corrected chi connectivity index (χ3v) is 4.42. The number of nitrogens with zero attached hydrogens (tertiary/aromatic N) is 4. The second-order valence-electron chi connectivity index (χ2n) is 6.56. The molecule has 0 saturated heterocycles. The summed E-state index contributed by atoms with van der Waals surface area (Å²) in [6, 6.07) is 20.0. The Labute approximate surface area is 188 Å². The number of aryl methyl sites for hydroxylation is 2. The maximum atomic E-state index is 9.02. The fourth-order valence-electron chi connectivity index (χ4n) is 3.08. The monoisotopic (exact) mass is 500 g/mol. The van der Waals surface area contributed by atoms with E-state index in [0.29, 0.717) is 24.6 Å². The van der Waals surface area contributed by atoms with Crippen molar-refractivity contribution in [1.29, 1.82) is 5.26 Å². The van der Waals surface area contributed by atoms with Gasteiger partial charge in [0, 0.05) is 25.8 Å². The number of aromatic nitrogens is 2. The van der Waals surface area contributed by atoms with Crippen LogP contribution < -0.4 is 10.6 Å². The first-order chi connectivity index (χ1) is 13.6. The summed E-state index contributed by atoms with van der Waals surface area (Å²) >= 11 is 0. The minimum Gasteiger partial charge on any atom is -0.352 e. The molecule has 7 heteroatoms. The van der Waals surface area contributed by atoms with Crippen LogP contribution in [0.2, 0.25) is 0 Å². The average molecular weight is 500 g/mol. The number of hydrogen-bond donors (Lipinski definition) is 2. The van der Waals surface area contributed by atoms with Crippen LogP contribution in [0.1, 0.15) is 28.1 Å². The van der Waals surface area contributed by atoms with E-state index < -0.39 is 0 Å². The van der Waals surface area contributed by atoms with Gasteiger partial charge < -0.3 is 10.6 Å². The highest BCUT2D eigenvalue weighted by molar-refractivity contribution is 14.0. The number of guanidine groups is 1. The van der Waals surface area contributed by atoms with E-state index in [4.69, 9.17) is 5.26 Å². The Morgan fingerprint density at radius 3 is 2.52 bits per heavy atom. The summed E-state index contributed by atoms with van der Waals surface area (Å²) in [6.45, 7) is 5.26. The van der Waals surface area contributed by atoms with Crippen LogP contribution in [0.4, 0.5) is 0 Å². The van der Waals surface area contributed by atoms with Crippen molar-refractivity contribution in [1.82, 2.24) is 20.4 Å². The van der Waals surface area contributed by atoms with Gasteiger partial charge in [-0.2, -0.15) is 10.4 Å². The Bertz CT molecular complexity index is 1030. The van der Waals surface area contributed by atoms with E-state index in [0.717, 1.165) is 28.2 Å². The summed E-state index contributed by atoms with van der Waals surface area (Å²) in [4.78, 5) is 4.29. The third-order valence-electron chi connectivity index (χ3n) is 4.42. The first kappa shape index (κ1) is 22.4. The van der Waals surface area contributed by atoms with Crippen molar-refractivity contribution in [2.75, 3.05) is 7.05 Å². The highest BCUT2D eigenvalue weighted by Gasteiger charge is 2.09. The van der Waals surface area contributed by atoms with Crippen LogP contribution in [0, 0.1) is 25.2 Å². The Morgan fingerprint density at radius 1 is 1.07 bits per heavy atom. The zero-order valence-electron chi connectivity index (χ0n) is 16.8. The number of benzene rings is 2. The Hall–Kier alpha value is -2.86. The van der Waals surface area contributed by atoms with E-state index in [1.165, 1.54) is 0 Å². The molecule has 3 aromatic rings. The molecule has 150 valence electrons. The molecule has 2 aromatic carbocycles. The number of aliphatic imine (C=N–C) groups is 1. The molecule has 0 spiro atoms. The van der Waals surface area contributed by atoms with Crippen LogP contribution in [0.5, 0.6) is 0 Å². The van der Waals surface area contributed by atoms with Gasteiger partial charge in [-0.1, -0.05) is 30.3 Å². The quantitative estimate of drug-likeness (QED) is 0.317. The van der Waals surface area contributed by atoms with Crippen molar-refractivity contribution in [2.45, 2.75) is 26.9 Å². The standard InChI is InChI=1S/C22H24N6.HI/c1-16-11-17(2)28(27-16)21-10-5-4-9-20(21)15-26-22(24-3)25-14-19-8-6-7-18(12-19)13-23;/h4-12H,14-15H2,1-3H3,(H2,24,25,26);1H. The summed E-state index contributed by atoms with van der Waals surface area (Å²) in [5.74, 6) is 0.700. The highest BCUT2D eigenvalue weighted by Crippen LogP contribution is 2.16. The molecule has 2 N–H and O–H groups in total. The second-order valence-corrected chi connectivity index (χ2v) is 6.56. The molecule has 0 aliphatic rings. The van der Waals surface area contributed by atoms with Crippen molar-refractivity contribution in [3.63, 3.8) is 0 Å². The van der Waals surface area contributed by atoms with Gasteiger partial charge in [-0.15, -0.1) is 24.0 Å². The fourth-order valence-corrected chi connectivity index (χ4v) is 3.08. The van der Waals surface area contributed by atoms with Crippen LogP contribution in [0.3, 0.4) is 0 Å². The number of hydrogen-bond acceptors (Lipinski definition) is 3. The summed E-state index contributed by atoms with van der Waals surface area (Å²) in [5, 5.41) is 20.3. The number of rotatable bonds is 5. The van der Waals surface area contributed by atoms with E-state index in [1.807, 2.05) is 41.9 Å². The molecule has 0 atom stereocenters. The van der Waals surface area contributed by atoms with E-state index in [2.05, 4.69) is 51.9 Å². The van der Waals surface area contributed by atoms with Gasteiger partial charge >= 0.3 is 0 Å². The average Bonchev–Trinajstić information content (AvgIpc) is 3.06. The van der Waals surface area contributed by atoms with Gasteiger partial charge in [-0.25, -0.2) is 4.68 Å². The molecule has 0 aliphatic carbocycles. The molecule has 0 amide bonds. The molecule has 0 saturated carbocycles. The molecule has 1 aromatic heterocycles. The van der Waals surface area contributed by atoms with Gasteiger partial charge in [0.1, 0.15) is 0 Å². The van der Waals surface area contributed by atoms with Gasteiger partial charge in [0.25, 0.3) is 0 Å². The van der Waals surface area contributed by atoms with Crippen molar-refractivity contribution < 1.29 is 0 Å². The van der Waals surface area contributed by atoms with Gasteiger partial charge in [0.05, 0.1) is 23.0 Å². The molecule has 6 nitrogen and oxygen atoms in total. The predicted molar refractivity (Wildman–Crippen MR) is 127 cm³/mol. The summed E-state index contributed by atoms with van der Waals surface area (Å²) in [7, 11) is 1.74. The minimum absolute atomic E-state index is 0. The van der Waals surface area contributed by atoms with Gasteiger partial charge in [-0.3, -0.25) is 4.99 Å². The second kappa shape index (κ2) is 10.6. The lowest BCUT2D eigenvalue weighted by molar-refractivity contribution is 0.781. The molecule has 0 unspecified atom stereocenters. The smallest absolute Gasteiger partial charge is 0.191 e. The van der Waals surface area contributed by atoms with Crippen molar-refractivity contribution in [2.24, 2.45) is 4.99 Å². The zero-order valence-corrected chi connectivity index (χ0v) is 19.1. The fraction of sp³-hybridized carbons (Fsp3) is 0.227. The number of halogens is 1. The van der Waals surface area contributed by atoms with Gasteiger partial charge in [0.2, 0.25) is 0 Å². The van der Waals surface area contributed by atoms with Crippen LogP contribution >= 0.6 is 24.0 Å². The predicted octanol–water partition coefficient (Wildman–Crippen LogP) is 3.84. The van der Waals surface area contributed by atoms with Crippen LogP contribution in [0.15, 0.2) is 59.6 Å². The first-order valence-corrected chi connectivity index (χ1v) is 9.16. The Morgan fingerprint density at radius 2 is 1.83 bits per heavy atom. The topological polar surface area (TPSA) is 78.0 Å². The molecule has 0 bridgehead atoms. The molecule has 3 rings (SSSR count). The lowest BCUT2D eigenvalue weighted by Crippen LogP contribution is -2.36. The maximum absolute atomic E-state index is 9.02. The third kappa shape index (κ3) is 5.81. The highest BCUT2D eigenvalue weighted by atomic mass is 127. The van der Waals surface area contributed by atoms with Crippen molar-refractivity contribution >= 4 is 29.9 Å². The zero-order chi connectivity index (χ0) is 19.9. The number of para-hydroxylation sites is 1. The van der Waals surface area contributed by atoms with Crippen LogP contribution in [-0.2, 0) is 13.1 Å². The molecule has 0 fully saturated rings. The Balaban J connectivity index is 0.00000300. The normalized spacial score (nSPS) is 10.8. The van der Waals surface area contributed by atoms with Crippen molar-refractivity contribution in [3.8, 4) is 11.8 Å². The molecule has 0 aliphatic heterocycles.